The molecule has 2 heterocycles. The number of aliphatic carboxylic acids is 1. The number of carbonyl (C=O) groups is 3. The van der Waals surface area contributed by atoms with Gasteiger partial charge in [0.25, 0.3) is 5.69 Å². The first-order valence-electron chi connectivity index (χ1n) is 11.6. The summed E-state index contributed by atoms with van der Waals surface area (Å²) in [5.41, 5.74) is 1.36. The normalized spacial score (nSPS) is 19.8. The number of amides is 2. The van der Waals surface area contributed by atoms with Crippen molar-refractivity contribution in [2.45, 2.75) is 37.5 Å². The standard InChI is InChI=1S/C25H25N3O8S2/c1-14(29)19-21(30)27-20(23(31)32)24(38-22(19)27)37-13-17(11-15-5-3-2-4-6-15)26-25(33)36-12-16-7-9-18(10-8-16)28(34)35/h2-10,14,17,19,22,29H,11-13H2,1H3,(H,26,33)(H,31,32)/t14-,17-,19+,22+/m0/s1. The molecule has 0 bridgehead atoms. The highest BCUT2D eigenvalue weighted by Crippen LogP contribution is 2.53. The highest BCUT2D eigenvalue weighted by atomic mass is 32.2. The molecule has 0 saturated carbocycles. The molecule has 1 fully saturated rings. The smallest absolute Gasteiger partial charge is 0.407 e. The molecule has 11 nitrogen and oxygen atoms in total. The lowest BCUT2D eigenvalue weighted by Crippen LogP contribution is -2.60. The van der Waals surface area contributed by atoms with Gasteiger partial charge in [0.15, 0.2) is 5.70 Å². The molecule has 2 aromatic rings. The number of hydrogen-bond donors (Lipinski definition) is 3. The van der Waals surface area contributed by atoms with Crippen LogP contribution in [0.15, 0.2) is 64.5 Å². The van der Waals surface area contributed by atoms with Crippen LogP contribution in [0.3, 0.4) is 0 Å². The van der Waals surface area contributed by atoms with Crippen LogP contribution in [0.4, 0.5) is 10.5 Å². The van der Waals surface area contributed by atoms with Gasteiger partial charge in [0.2, 0.25) is 5.91 Å². The third kappa shape index (κ3) is 6.11. The highest BCUT2D eigenvalue weighted by molar-refractivity contribution is 8.22. The minimum absolute atomic E-state index is 0.0656. The van der Waals surface area contributed by atoms with Crippen molar-refractivity contribution >= 4 is 47.2 Å². The van der Waals surface area contributed by atoms with Crippen LogP contribution in [-0.2, 0) is 27.4 Å². The number of rotatable bonds is 11. The van der Waals surface area contributed by atoms with E-state index in [-0.39, 0.29) is 18.0 Å². The summed E-state index contributed by atoms with van der Waals surface area (Å²) in [6, 6.07) is 14.7. The predicted octanol–water partition coefficient (Wildman–Crippen LogP) is 3.33. The van der Waals surface area contributed by atoms with Crippen LogP contribution in [0.25, 0.3) is 0 Å². The highest BCUT2D eigenvalue weighted by Gasteiger charge is 2.57. The number of thioether (sulfide) groups is 2. The van der Waals surface area contributed by atoms with Crippen molar-refractivity contribution < 1.29 is 34.3 Å². The minimum Gasteiger partial charge on any atom is -0.477 e. The number of non-ortho nitro benzene ring substituents is 1. The molecule has 38 heavy (non-hydrogen) atoms. The van der Waals surface area contributed by atoms with Crippen LogP contribution in [-0.4, -0.2) is 61.3 Å². The molecule has 0 aliphatic carbocycles. The molecule has 1 saturated heterocycles. The summed E-state index contributed by atoms with van der Waals surface area (Å²) in [4.78, 5) is 48.5. The second kappa shape index (κ2) is 11.9. The largest absolute Gasteiger partial charge is 0.477 e. The Morgan fingerprint density at radius 2 is 1.87 bits per heavy atom. The fourth-order valence-corrected chi connectivity index (χ4v) is 7.12. The predicted molar refractivity (Wildman–Crippen MR) is 141 cm³/mol. The maximum Gasteiger partial charge on any atom is 0.407 e. The molecular formula is C25H25N3O8S2. The van der Waals surface area contributed by atoms with Gasteiger partial charge < -0.3 is 20.3 Å². The zero-order valence-electron chi connectivity index (χ0n) is 20.2. The lowest BCUT2D eigenvalue weighted by atomic mass is 9.92. The van der Waals surface area contributed by atoms with Crippen LogP contribution < -0.4 is 5.32 Å². The number of aliphatic hydroxyl groups excluding tert-OH is 1. The fourth-order valence-electron chi connectivity index (χ4n) is 4.15. The first-order chi connectivity index (χ1) is 18.2. The number of β-lactam (4-membered cyclic amide) rings is 1. The number of carboxylic acid groups (broad SMARTS) is 1. The number of carbonyl (C=O) groups excluding carboxylic acids is 2. The Hall–Kier alpha value is -3.55. The van der Waals surface area contributed by atoms with Crippen molar-refractivity contribution in [3.05, 3.63) is 85.8 Å². The summed E-state index contributed by atoms with van der Waals surface area (Å²) in [6.45, 7) is 1.42. The van der Waals surface area contributed by atoms with Gasteiger partial charge in [-0.25, -0.2) is 9.59 Å². The van der Waals surface area contributed by atoms with Crippen molar-refractivity contribution in [2.24, 2.45) is 5.92 Å². The number of ether oxygens (including phenoxy) is 1. The Morgan fingerprint density at radius 1 is 1.18 bits per heavy atom. The van der Waals surface area contributed by atoms with Crippen molar-refractivity contribution in [2.75, 3.05) is 5.75 Å². The third-order valence-electron chi connectivity index (χ3n) is 6.05. The summed E-state index contributed by atoms with van der Waals surface area (Å²) in [5.74, 6) is -2.01. The van der Waals surface area contributed by atoms with Gasteiger partial charge in [-0.15, -0.1) is 11.8 Å². The SMILES string of the molecule is C[C@H](O)[C@@H]1C(=O)N2C(C(=O)O)=C(SC[C@H](Cc3ccccc3)NC(=O)OCc3ccc([N+](=O)[O-])cc3)S[C@H]12. The lowest BCUT2D eigenvalue weighted by molar-refractivity contribution is -0.384. The number of alkyl carbamates (subject to hydrolysis) is 1. The van der Waals surface area contributed by atoms with E-state index in [1.54, 1.807) is 0 Å². The second-order valence-corrected chi connectivity index (χ2v) is 11.2. The number of hydrogen-bond acceptors (Lipinski definition) is 9. The number of nitrogens with zero attached hydrogens (tertiary/aromatic N) is 2. The zero-order chi connectivity index (χ0) is 27.4. The van der Waals surface area contributed by atoms with Crippen LogP contribution in [0.5, 0.6) is 0 Å². The van der Waals surface area contributed by atoms with Crippen molar-refractivity contribution in [3.63, 3.8) is 0 Å². The summed E-state index contributed by atoms with van der Waals surface area (Å²) in [5, 5.41) is 32.8. The Kier molecular flexibility index (Phi) is 8.59. The number of carboxylic acids is 1. The van der Waals surface area contributed by atoms with Crippen LogP contribution >= 0.6 is 23.5 Å². The van der Waals surface area contributed by atoms with Gasteiger partial charge in [-0.1, -0.05) is 42.1 Å². The quantitative estimate of drug-likeness (QED) is 0.212. The van der Waals surface area contributed by atoms with E-state index in [1.165, 1.54) is 59.6 Å². The molecule has 0 radical (unpaired) electrons. The van der Waals surface area contributed by atoms with Gasteiger partial charge in [0, 0.05) is 23.9 Å². The maximum atomic E-state index is 12.6. The van der Waals surface area contributed by atoms with E-state index in [9.17, 15) is 34.7 Å². The monoisotopic (exact) mass is 559 g/mol. The zero-order valence-corrected chi connectivity index (χ0v) is 21.8. The van der Waals surface area contributed by atoms with Gasteiger partial charge in [-0.05, 0) is 36.6 Å². The van der Waals surface area contributed by atoms with Crippen LogP contribution in [0.2, 0.25) is 0 Å². The number of aliphatic hydroxyl groups is 1. The Morgan fingerprint density at radius 3 is 2.47 bits per heavy atom. The van der Waals surface area contributed by atoms with Gasteiger partial charge in [0.1, 0.15) is 12.0 Å². The van der Waals surface area contributed by atoms with Crippen molar-refractivity contribution in [3.8, 4) is 0 Å². The molecule has 2 aromatic carbocycles. The number of nitro benzene ring substituents is 1. The second-order valence-electron chi connectivity index (χ2n) is 8.77. The van der Waals surface area contributed by atoms with E-state index < -0.39 is 46.3 Å². The molecule has 2 aliphatic heterocycles. The summed E-state index contributed by atoms with van der Waals surface area (Å²) in [6.07, 6.45) is -1.14. The fraction of sp³-hybridized carbons (Fsp3) is 0.320. The molecule has 0 spiro atoms. The number of nitrogens with one attached hydrogen (secondary N) is 1. The van der Waals surface area contributed by atoms with Gasteiger partial charge in [-0.2, -0.15) is 0 Å². The Bertz CT molecular complexity index is 1250. The van der Waals surface area contributed by atoms with Gasteiger partial charge in [-0.3, -0.25) is 19.8 Å². The number of fused-ring (bicyclic) bond motifs is 1. The summed E-state index contributed by atoms with van der Waals surface area (Å²) < 4.78 is 5.75. The van der Waals surface area contributed by atoms with Gasteiger partial charge in [0.05, 0.1) is 21.2 Å². The van der Waals surface area contributed by atoms with Crippen molar-refractivity contribution in [1.82, 2.24) is 10.2 Å². The van der Waals surface area contributed by atoms with E-state index >= 15 is 0 Å². The summed E-state index contributed by atoms with van der Waals surface area (Å²) in [7, 11) is 0. The molecule has 4 atom stereocenters. The Balaban J connectivity index is 1.42. The van der Waals surface area contributed by atoms with Gasteiger partial charge >= 0.3 is 12.1 Å². The number of nitro groups is 1. The maximum absolute atomic E-state index is 12.6. The summed E-state index contributed by atoms with van der Waals surface area (Å²) >= 11 is 2.45. The molecule has 0 unspecified atom stereocenters. The van der Waals surface area contributed by atoms with Crippen molar-refractivity contribution in [1.29, 1.82) is 0 Å². The molecule has 0 aromatic heterocycles. The molecule has 2 aliphatic rings. The van der Waals surface area contributed by atoms with E-state index in [0.29, 0.717) is 22.0 Å². The Labute approximate surface area is 226 Å². The average Bonchev–Trinajstić information content (AvgIpc) is 3.21. The first-order valence-corrected chi connectivity index (χ1v) is 13.5. The van der Waals surface area contributed by atoms with Crippen LogP contribution in [0.1, 0.15) is 18.1 Å². The molecular weight excluding hydrogens is 534 g/mol. The molecule has 2 amide bonds. The van der Waals surface area contributed by atoms with E-state index in [2.05, 4.69) is 5.32 Å². The molecule has 200 valence electrons. The molecule has 13 heteroatoms. The molecule has 3 N–H and O–H groups in total. The lowest BCUT2D eigenvalue weighted by Gasteiger charge is -2.43. The number of benzene rings is 2. The first kappa shape index (κ1) is 27.5. The topological polar surface area (TPSA) is 159 Å². The van der Waals surface area contributed by atoms with Crippen LogP contribution in [0, 0.1) is 16.0 Å². The van der Waals surface area contributed by atoms with E-state index in [4.69, 9.17) is 4.74 Å². The molecule has 4 rings (SSSR count). The van der Waals surface area contributed by atoms with E-state index in [1.807, 2.05) is 30.3 Å². The average molecular weight is 560 g/mol. The third-order valence-corrected chi connectivity index (χ3v) is 8.87. The van der Waals surface area contributed by atoms with E-state index in [0.717, 1.165) is 5.56 Å². The minimum atomic E-state index is -1.23.